The van der Waals surface area contributed by atoms with E-state index in [1.165, 1.54) is 32.1 Å². The first-order valence-electron chi connectivity index (χ1n) is 7.50. The van der Waals surface area contributed by atoms with Crippen LogP contribution < -0.4 is 10.1 Å². The van der Waals surface area contributed by atoms with E-state index in [0.29, 0.717) is 11.9 Å². The lowest BCUT2D eigenvalue weighted by molar-refractivity contribution is 0.202. The van der Waals surface area contributed by atoms with Crippen molar-refractivity contribution in [1.29, 1.82) is 0 Å². The summed E-state index contributed by atoms with van der Waals surface area (Å²) in [4.78, 5) is 8.72. The highest BCUT2D eigenvalue weighted by molar-refractivity contribution is 5.32. The number of aryl methyl sites for hydroxylation is 1. The maximum absolute atomic E-state index is 5.91. The van der Waals surface area contributed by atoms with Gasteiger partial charge < -0.3 is 10.1 Å². The topological polar surface area (TPSA) is 47.0 Å². The van der Waals surface area contributed by atoms with Crippen LogP contribution >= 0.6 is 0 Å². The zero-order chi connectivity index (χ0) is 13.5. The Kier molecular flexibility index (Phi) is 5.43. The molecule has 19 heavy (non-hydrogen) atoms. The molecule has 1 aliphatic rings. The summed E-state index contributed by atoms with van der Waals surface area (Å²) in [5.41, 5.74) is 1.01. The first kappa shape index (κ1) is 14.1. The maximum Gasteiger partial charge on any atom is 0.225 e. The van der Waals surface area contributed by atoms with E-state index in [9.17, 15) is 0 Å². The van der Waals surface area contributed by atoms with Crippen molar-refractivity contribution in [3.05, 3.63) is 11.8 Å². The molecule has 0 radical (unpaired) electrons. The maximum atomic E-state index is 5.91. The molecule has 4 heteroatoms. The summed E-state index contributed by atoms with van der Waals surface area (Å²) in [6.45, 7) is 5.82. The normalized spacial score (nSPS) is 16.3. The van der Waals surface area contributed by atoms with Crippen molar-refractivity contribution in [2.75, 3.05) is 18.5 Å². The minimum absolute atomic E-state index is 0.672. The highest BCUT2D eigenvalue weighted by Crippen LogP contribution is 2.25. The minimum atomic E-state index is 0.672. The van der Waals surface area contributed by atoms with Crippen LogP contribution in [0.25, 0.3) is 0 Å². The Bertz CT molecular complexity index is 389. The molecule has 1 fully saturated rings. The van der Waals surface area contributed by atoms with Crippen molar-refractivity contribution in [2.24, 2.45) is 5.92 Å². The van der Waals surface area contributed by atoms with Crippen LogP contribution in [0.1, 0.15) is 51.0 Å². The van der Waals surface area contributed by atoms with E-state index in [4.69, 9.17) is 4.74 Å². The SMILES string of the molecule is CCCNc1ncc(C)c(OCC2CCCCC2)n1. The van der Waals surface area contributed by atoms with Crippen LogP contribution in [-0.4, -0.2) is 23.1 Å². The first-order valence-corrected chi connectivity index (χ1v) is 7.50. The summed E-state index contributed by atoms with van der Waals surface area (Å²) in [5.74, 6) is 2.11. The van der Waals surface area contributed by atoms with Crippen LogP contribution in [0, 0.1) is 12.8 Å². The fraction of sp³-hybridized carbons (Fsp3) is 0.733. The van der Waals surface area contributed by atoms with Crippen LogP contribution in [0.4, 0.5) is 5.95 Å². The summed E-state index contributed by atoms with van der Waals surface area (Å²) in [7, 11) is 0. The Hall–Kier alpha value is -1.32. The van der Waals surface area contributed by atoms with Gasteiger partial charge in [-0.2, -0.15) is 4.98 Å². The van der Waals surface area contributed by atoms with Crippen molar-refractivity contribution in [2.45, 2.75) is 52.4 Å². The Balaban J connectivity index is 1.90. The number of nitrogens with one attached hydrogen (secondary N) is 1. The molecule has 0 amide bonds. The molecule has 0 spiro atoms. The Morgan fingerprint density at radius 3 is 2.84 bits per heavy atom. The van der Waals surface area contributed by atoms with Gasteiger partial charge in [-0.3, -0.25) is 0 Å². The number of anilines is 1. The fourth-order valence-electron chi connectivity index (χ4n) is 2.45. The van der Waals surface area contributed by atoms with Crippen molar-refractivity contribution in [1.82, 2.24) is 9.97 Å². The predicted octanol–water partition coefficient (Wildman–Crippen LogP) is 3.57. The molecule has 0 unspecified atom stereocenters. The third-order valence-corrected chi connectivity index (χ3v) is 3.64. The molecule has 106 valence electrons. The van der Waals surface area contributed by atoms with Gasteiger partial charge in [-0.15, -0.1) is 0 Å². The predicted molar refractivity (Wildman–Crippen MR) is 77.6 cm³/mol. The lowest BCUT2D eigenvalue weighted by Crippen LogP contribution is -2.16. The Labute approximate surface area is 116 Å². The molecule has 1 aromatic rings. The van der Waals surface area contributed by atoms with Gasteiger partial charge in [0.15, 0.2) is 0 Å². The van der Waals surface area contributed by atoms with Crippen LogP contribution in [0.2, 0.25) is 0 Å². The Morgan fingerprint density at radius 2 is 2.11 bits per heavy atom. The third-order valence-electron chi connectivity index (χ3n) is 3.64. The average Bonchev–Trinajstić information content (AvgIpc) is 2.46. The van der Waals surface area contributed by atoms with Gasteiger partial charge in [0.1, 0.15) is 0 Å². The summed E-state index contributed by atoms with van der Waals surface area (Å²) in [6, 6.07) is 0. The van der Waals surface area contributed by atoms with Gasteiger partial charge in [-0.05, 0) is 32.1 Å². The van der Waals surface area contributed by atoms with E-state index in [1.807, 2.05) is 13.1 Å². The van der Waals surface area contributed by atoms with Gasteiger partial charge in [0.2, 0.25) is 11.8 Å². The quantitative estimate of drug-likeness (QED) is 0.852. The van der Waals surface area contributed by atoms with Crippen molar-refractivity contribution < 1.29 is 4.74 Å². The van der Waals surface area contributed by atoms with Crippen molar-refractivity contribution >= 4 is 5.95 Å². The van der Waals surface area contributed by atoms with Crippen LogP contribution in [-0.2, 0) is 0 Å². The molecule has 1 aliphatic carbocycles. The third kappa shape index (κ3) is 4.37. The lowest BCUT2D eigenvalue weighted by atomic mass is 9.90. The van der Waals surface area contributed by atoms with E-state index in [-0.39, 0.29) is 0 Å². The van der Waals surface area contributed by atoms with Gasteiger partial charge in [0.05, 0.1) is 6.61 Å². The van der Waals surface area contributed by atoms with E-state index >= 15 is 0 Å². The van der Waals surface area contributed by atoms with Crippen LogP contribution in [0.15, 0.2) is 6.20 Å². The highest BCUT2D eigenvalue weighted by atomic mass is 16.5. The number of nitrogens with zero attached hydrogens (tertiary/aromatic N) is 2. The fourth-order valence-corrected chi connectivity index (χ4v) is 2.45. The summed E-state index contributed by atoms with van der Waals surface area (Å²) < 4.78 is 5.91. The van der Waals surface area contributed by atoms with Gasteiger partial charge >= 0.3 is 0 Å². The molecule has 0 atom stereocenters. The standard InChI is InChI=1S/C15H25N3O/c1-3-9-16-15-17-10-12(2)14(18-15)19-11-13-7-5-4-6-8-13/h10,13H,3-9,11H2,1-2H3,(H,16,17,18). The number of rotatable bonds is 6. The monoisotopic (exact) mass is 263 g/mol. The molecule has 0 aromatic carbocycles. The van der Waals surface area contributed by atoms with Gasteiger partial charge in [-0.25, -0.2) is 4.98 Å². The zero-order valence-corrected chi connectivity index (χ0v) is 12.1. The molecule has 1 saturated carbocycles. The molecular weight excluding hydrogens is 238 g/mol. The molecule has 4 nitrogen and oxygen atoms in total. The summed E-state index contributed by atoms with van der Waals surface area (Å²) in [6.07, 6.45) is 9.57. The minimum Gasteiger partial charge on any atom is -0.477 e. The largest absolute Gasteiger partial charge is 0.477 e. The van der Waals surface area contributed by atoms with E-state index in [1.54, 1.807) is 0 Å². The number of ether oxygens (including phenoxy) is 1. The number of hydrogen-bond acceptors (Lipinski definition) is 4. The van der Waals surface area contributed by atoms with E-state index in [0.717, 1.165) is 31.0 Å². The van der Waals surface area contributed by atoms with E-state index in [2.05, 4.69) is 22.2 Å². The van der Waals surface area contributed by atoms with Gasteiger partial charge in [0, 0.05) is 18.3 Å². The molecule has 1 N–H and O–H groups in total. The number of hydrogen-bond donors (Lipinski definition) is 1. The first-order chi connectivity index (χ1) is 9.29. The lowest BCUT2D eigenvalue weighted by Gasteiger charge is -2.21. The molecule has 1 aromatic heterocycles. The van der Waals surface area contributed by atoms with Gasteiger partial charge in [-0.1, -0.05) is 26.2 Å². The van der Waals surface area contributed by atoms with Crippen molar-refractivity contribution in [3.63, 3.8) is 0 Å². The molecule has 0 bridgehead atoms. The molecular formula is C15H25N3O. The Morgan fingerprint density at radius 1 is 1.32 bits per heavy atom. The summed E-state index contributed by atoms with van der Waals surface area (Å²) in [5, 5.41) is 3.20. The number of aromatic nitrogens is 2. The molecule has 1 heterocycles. The second-order valence-electron chi connectivity index (χ2n) is 5.42. The van der Waals surface area contributed by atoms with Crippen LogP contribution in [0.5, 0.6) is 5.88 Å². The van der Waals surface area contributed by atoms with Crippen molar-refractivity contribution in [3.8, 4) is 5.88 Å². The average molecular weight is 263 g/mol. The van der Waals surface area contributed by atoms with Crippen LogP contribution in [0.3, 0.4) is 0 Å². The molecule has 0 aliphatic heterocycles. The van der Waals surface area contributed by atoms with Gasteiger partial charge in [0.25, 0.3) is 0 Å². The second-order valence-corrected chi connectivity index (χ2v) is 5.42. The smallest absolute Gasteiger partial charge is 0.225 e. The molecule has 2 rings (SSSR count). The summed E-state index contributed by atoms with van der Waals surface area (Å²) >= 11 is 0. The molecule has 0 saturated heterocycles. The zero-order valence-electron chi connectivity index (χ0n) is 12.1. The highest BCUT2D eigenvalue weighted by Gasteiger charge is 2.15. The van der Waals surface area contributed by atoms with E-state index < -0.39 is 0 Å². The second kappa shape index (κ2) is 7.31.